The Bertz CT molecular complexity index is 722. The Morgan fingerprint density at radius 3 is 2.70 bits per heavy atom. The van der Waals surface area contributed by atoms with Gasteiger partial charge in [0.1, 0.15) is 0 Å². The number of hydrogen-bond donors (Lipinski definition) is 1. The van der Waals surface area contributed by atoms with Crippen molar-refractivity contribution in [2.75, 3.05) is 6.54 Å². The number of nitrogens with zero attached hydrogens (tertiary/aromatic N) is 2. The molecule has 0 unspecified atom stereocenters. The van der Waals surface area contributed by atoms with E-state index in [1.54, 1.807) is 0 Å². The third-order valence-electron chi connectivity index (χ3n) is 5.01. The zero-order valence-electron chi connectivity index (χ0n) is 15.0. The predicted octanol–water partition coefficient (Wildman–Crippen LogP) is 3.81. The van der Waals surface area contributed by atoms with Gasteiger partial charge in [-0.2, -0.15) is 0 Å². The molecule has 0 aliphatic carbocycles. The molecule has 3 rings (SSSR count). The second kappa shape index (κ2) is 11.4. The molecule has 0 radical (unpaired) electrons. The number of benzene rings is 1. The second-order valence-corrected chi connectivity index (χ2v) is 6.88. The van der Waals surface area contributed by atoms with Gasteiger partial charge in [0.25, 0.3) is 0 Å². The van der Waals surface area contributed by atoms with Crippen LogP contribution in [0.5, 0.6) is 0 Å². The number of carbonyl (C=O) groups is 1. The van der Waals surface area contributed by atoms with Crippen molar-refractivity contribution in [2.45, 2.75) is 38.3 Å². The first-order valence-corrected chi connectivity index (χ1v) is 9.28. The molecule has 2 aromatic rings. The van der Waals surface area contributed by atoms with E-state index in [1.165, 1.54) is 11.1 Å². The number of aromatic nitrogens is 1. The SMILES string of the molecule is O=C(O)CC/C=C\C[C@@H]1CCN(Cc2ccccc2)[C@@H]1c1cccnc1.[NaH]. The molecule has 138 valence electrons. The molecule has 4 nitrogen and oxygen atoms in total. The Morgan fingerprint density at radius 1 is 1.19 bits per heavy atom. The van der Waals surface area contributed by atoms with Crippen molar-refractivity contribution in [1.82, 2.24) is 9.88 Å². The van der Waals surface area contributed by atoms with Crippen LogP contribution in [0.3, 0.4) is 0 Å². The Balaban J connectivity index is 0.00000261. The molecule has 1 saturated heterocycles. The standard InChI is InChI=1S/C22H26N2O2.Na.H/c25-21(26)12-6-2-5-10-19-13-15-24(17-18-8-3-1-4-9-18)22(19)20-11-7-14-23-16-20;;/h1-5,7-9,11,14,16,19,22H,6,10,12-13,15,17H2,(H,25,26);;/b5-2-;;/t19-,22+;;/m1../s1. The van der Waals surface area contributed by atoms with Crippen molar-refractivity contribution in [3.8, 4) is 0 Å². The third-order valence-corrected chi connectivity index (χ3v) is 5.01. The summed E-state index contributed by atoms with van der Waals surface area (Å²) in [6, 6.07) is 15.1. The summed E-state index contributed by atoms with van der Waals surface area (Å²) < 4.78 is 0. The molecule has 1 aromatic carbocycles. The monoisotopic (exact) mass is 374 g/mol. The minimum atomic E-state index is -0.738. The zero-order chi connectivity index (χ0) is 18.2. The number of carboxylic acid groups (broad SMARTS) is 1. The van der Waals surface area contributed by atoms with Crippen LogP contribution in [0.4, 0.5) is 0 Å². The van der Waals surface area contributed by atoms with Crippen LogP contribution in [-0.2, 0) is 11.3 Å². The summed E-state index contributed by atoms with van der Waals surface area (Å²) >= 11 is 0. The summed E-state index contributed by atoms with van der Waals surface area (Å²) in [5, 5.41) is 8.74. The first-order valence-electron chi connectivity index (χ1n) is 9.28. The molecule has 2 heterocycles. The van der Waals surface area contributed by atoms with Gasteiger partial charge in [0.15, 0.2) is 0 Å². The van der Waals surface area contributed by atoms with E-state index < -0.39 is 5.97 Å². The van der Waals surface area contributed by atoms with Crippen molar-refractivity contribution < 1.29 is 9.90 Å². The molecule has 0 amide bonds. The van der Waals surface area contributed by atoms with Crippen LogP contribution >= 0.6 is 0 Å². The molecular weight excluding hydrogens is 347 g/mol. The first-order chi connectivity index (χ1) is 12.7. The normalized spacial score (nSPS) is 19.9. The number of hydrogen-bond acceptors (Lipinski definition) is 3. The first kappa shape index (κ1) is 21.8. The molecule has 1 aromatic heterocycles. The van der Waals surface area contributed by atoms with Crippen LogP contribution in [0.25, 0.3) is 0 Å². The molecule has 0 spiro atoms. The topological polar surface area (TPSA) is 53.4 Å². The number of aliphatic carboxylic acids is 1. The van der Waals surface area contributed by atoms with Gasteiger partial charge in [0.2, 0.25) is 0 Å². The van der Waals surface area contributed by atoms with Gasteiger partial charge in [-0.3, -0.25) is 14.7 Å². The number of rotatable bonds is 8. The van der Waals surface area contributed by atoms with Crippen LogP contribution in [0.2, 0.25) is 0 Å². The molecule has 1 fully saturated rings. The van der Waals surface area contributed by atoms with Gasteiger partial charge in [-0.25, -0.2) is 0 Å². The van der Waals surface area contributed by atoms with Crippen molar-refractivity contribution in [2.24, 2.45) is 5.92 Å². The summed E-state index contributed by atoms with van der Waals surface area (Å²) in [7, 11) is 0. The van der Waals surface area contributed by atoms with Crippen LogP contribution in [0.15, 0.2) is 67.0 Å². The predicted molar refractivity (Wildman–Crippen MR) is 110 cm³/mol. The Morgan fingerprint density at radius 2 is 2.00 bits per heavy atom. The molecule has 1 aliphatic rings. The van der Waals surface area contributed by atoms with Gasteiger partial charge in [-0.05, 0) is 48.9 Å². The van der Waals surface area contributed by atoms with Crippen molar-refractivity contribution in [3.63, 3.8) is 0 Å². The van der Waals surface area contributed by atoms with Gasteiger partial charge in [-0.15, -0.1) is 0 Å². The van der Waals surface area contributed by atoms with Crippen molar-refractivity contribution in [3.05, 3.63) is 78.1 Å². The number of allylic oxidation sites excluding steroid dienone is 2. The van der Waals surface area contributed by atoms with Crippen molar-refractivity contribution in [1.29, 1.82) is 0 Å². The van der Waals surface area contributed by atoms with Crippen LogP contribution in [0.1, 0.15) is 42.9 Å². The summed E-state index contributed by atoms with van der Waals surface area (Å²) in [6.45, 7) is 2.02. The minimum absolute atomic E-state index is 0. The van der Waals surface area contributed by atoms with Crippen molar-refractivity contribution >= 4 is 35.5 Å². The Hall–Kier alpha value is -1.46. The Labute approximate surface area is 183 Å². The molecule has 27 heavy (non-hydrogen) atoms. The van der Waals surface area contributed by atoms with E-state index >= 15 is 0 Å². The molecular formula is C22H27N2NaO2. The second-order valence-electron chi connectivity index (χ2n) is 6.88. The van der Waals surface area contributed by atoms with E-state index in [1.807, 2.05) is 24.5 Å². The van der Waals surface area contributed by atoms with Gasteiger partial charge < -0.3 is 5.11 Å². The maximum absolute atomic E-state index is 10.6. The quantitative estimate of drug-likeness (QED) is 0.564. The van der Waals surface area contributed by atoms with Gasteiger partial charge in [-0.1, -0.05) is 48.6 Å². The summed E-state index contributed by atoms with van der Waals surface area (Å²) in [5.74, 6) is -0.207. The molecule has 0 bridgehead atoms. The summed E-state index contributed by atoms with van der Waals surface area (Å²) in [5.41, 5.74) is 2.60. The fraction of sp³-hybridized carbons (Fsp3) is 0.364. The average Bonchev–Trinajstić information content (AvgIpc) is 3.05. The zero-order valence-corrected chi connectivity index (χ0v) is 15.0. The molecule has 1 aliphatic heterocycles. The van der Waals surface area contributed by atoms with Gasteiger partial charge >= 0.3 is 35.5 Å². The van der Waals surface area contributed by atoms with E-state index in [0.29, 0.717) is 18.4 Å². The Kier molecular flexibility index (Phi) is 9.22. The average molecular weight is 374 g/mol. The fourth-order valence-electron chi connectivity index (χ4n) is 3.80. The van der Waals surface area contributed by atoms with Crippen LogP contribution in [0, 0.1) is 5.92 Å². The third kappa shape index (κ3) is 6.58. The van der Waals surface area contributed by atoms with E-state index in [2.05, 4.69) is 52.4 Å². The number of carboxylic acids is 1. The molecule has 1 N–H and O–H groups in total. The van der Waals surface area contributed by atoms with Gasteiger partial charge in [0, 0.05) is 31.4 Å². The van der Waals surface area contributed by atoms with E-state index in [9.17, 15) is 4.79 Å². The van der Waals surface area contributed by atoms with Crippen LogP contribution < -0.4 is 0 Å². The fourth-order valence-corrected chi connectivity index (χ4v) is 3.80. The summed E-state index contributed by atoms with van der Waals surface area (Å²) in [4.78, 5) is 17.5. The van der Waals surface area contributed by atoms with Gasteiger partial charge in [0.05, 0.1) is 0 Å². The molecule has 0 saturated carbocycles. The molecule has 5 heteroatoms. The van der Waals surface area contributed by atoms with E-state index in [4.69, 9.17) is 5.11 Å². The van der Waals surface area contributed by atoms with E-state index in [-0.39, 0.29) is 36.0 Å². The maximum atomic E-state index is 10.6. The summed E-state index contributed by atoms with van der Waals surface area (Å²) in [6.07, 6.45) is 10.9. The number of likely N-dealkylation sites (tertiary alicyclic amines) is 1. The van der Waals surface area contributed by atoms with E-state index in [0.717, 1.165) is 25.9 Å². The van der Waals surface area contributed by atoms with Crippen LogP contribution in [-0.4, -0.2) is 57.1 Å². The number of pyridine rings is 1. The molecule has 2 atom stereocenters.